The standard InChI is InChI=1S/C24H22Br2N2O3/c1-2-18-12-20(25)8-10-22(18)31-16-24(29)28-27-14-19-13-21(26)9-11-23(19)30-15-17-6-4-3-5-7-17/h3-14H,2,15-16H2,1H3,(H,28,29)/b27-14+. The van der Waals surface area contributed by atoms with Gasteiger partial charge in [0.2, 0.25) is 0 Å². The van der Waals surface area contributed by atoms with Gasteiger partial charge in [0.05, 0.1) is 6.21 Å². The molecule has 1 amide bonds. The number of amides is 1. The van der Waals surface area contributed by atoms with Gasteiger partial charge < -0.3 is 9.47 Å². The lowest BCUT2D eigenvalue weighted by Crippen LogP contribution is -2.24. The Bertz CT molecular complexity index is 1060. The minimum atomic E-state index is -0.344. The van der Waals surface area contributed by atoms with Gasteiger partial charge in [0.25, 0.3) is 5.91 Å². The number of hydrazone groups is 1. The Morgan fingerprint density at radius 1 is 0.968 bits per heavy atom. The van der Waals surface area contributed by atoms with Crippen molar-refractivity contribution < 1.29 is 14.3 Å². The van der Waals surface area contributed by atoms with E-state index < -0.39 is 0 Å². The fraction of sp³-hybridized carbons (Fsp3) is 0.167. The fourth-order valence-corrected chi connectivity index (χ4v) is 3.59. The van der Waals surface area contributed by atoms with Crippen LogP contribution in [0.15, 0.2) is 80.8 Å². The molecule has 0 aromatic heterocycles. The summed E-state index contributed by atoms with van der Waals surface area (Å²) in [6, 6.07) is 21.3. The van der Waals surface area contributed by atoms with Gasteiger partial charge in [0, 0.05) is 14.5 Å². The zero-order valence-electron chi connectivity index (χ0n) is 17.0. The summed E-state index contributed by atoms with van der Waals surface area (Å²) in [5, 5.41) is 4.05. The maximum Gasteiger partial charge on any atom is 0.277 e. The second kappa shape index (κ2) is 11.7. The van der Waals surface area contributed by atoms with Crippen molar-refractivity contribution in [2.45, 2.75) is 20.0 Å². The maximum atomic E-state index is 12.1. The van der Waals surface area contributed by atoms with Crippen molar-refractivity contribution in [3.63, 3.8) is 0 Å². The lowest BCUT2D eigenvalue weighted by atomic mass is 10.1. The largest absolute Gasteiger partial charge is 0.488 e. The van der Waals surface area contributed by atoms with Crippen LogP contribution < -0.4 is 14.9 Å². The molecule has 0 heterocycles. The molecular formula is C24H22Br2N2O3. The van der Waals surface area contributed by atoms with E-state index in [0.29, 0.717) is 18.1 Å². The normalized spacial score (nSPS) is 10.8. The summed E-state index contributed by atoms with van der Waals surface area (Å²) >= 11 is 6.90. The first-order chi connectivity index (χ1) is 15.0. The third-order valence-electron chi connectivity index (χ3n) is 4.36. The van der Waals surface area contributed by atoms with Gasteiger partial charge in [-0.15, -0.1) is 0 Å². The number of rotatable bonds is 9. The lowest BCUT2D eigenvalue weighted by molar-refractivity contribution is -0.123. The Morgan fingerprint density at radius 3 is 2.42 bits per heavy atom. The van der Waals surface area contributed by atoms with Gasteiger partial charge >= 0.3 is 0 Å². The molecule has 5 nitrogen and oxygen atoms in total. The molecule has 0 atom stereocenters. The molecule has 0 aliphatic heterocycles. The molecule has 3 rings (SSSR count). The van der Waals surface area contributed by atoms with Crippen LogP contribution in [-0.2, 0) is 17.8 Å². The molecule has 0 bridgehead atoms. The number of carbonyl (C=O) groups excluding carboxylic acids is 1. The Morgan fingerprint density at radius 2 is 1.68 bits per heavy atom. The molecule has 0 aliphatic rings. The van der Waals surface area contributed by atoms with Crippen LogP contribution in [0.1, 0.15) is 23.6 Å². The van der Waals surface area contributed by atoms with Gasteiger partial charge in [-0.2, -0.15) is 5.10 Å². The molecule has 0 aliphatic carbocycles. The van der Waals surface area contributed by atoms with Crippen molar-refractivity contribution >= 4 is 44.0 Å². The monoisotopic (exact) mass is 544 g/mol. The molecule has 3 aromatic rings. The Kier molecular flexibility index (Phi) is 8.67. The summed E-state index contributed by atoms with van der Waals surface area (Å²) in [7, 11) is 0. The molecule has 31 heavy (non-hydrogen) atoms. The average Bonchev–Trinajstić information content (AvgIpc) is 2.78. The predicted molar refractivity (Wildman–Crippen MR) is 130 cm³/mol. The number of benzene rings is 3. The minimum Gasteiger partial charge on any atom is -0.488 e. The molecule has 0 radical (unpaired) electrons. The molecule has 3 aromatic carbocycles. The Balaban J connectivity index is 1.57. The second-order valence-corrected chi connectivity index (χ2v) is 8.48. The zero-order valence-corrected chi connectivity index (χ0v) is 20.1. The van der Waals surface area contributed by atoms with E-state index in [4.69, 9.17) is 9.47 Å². The number of ether oxygens (including phenoxy) is 2. The molecule has 0 fully saturated rings. The van der Waals surface area contributed by atoms with Gasteiger partial charge in [-0.25, -0.2) is 5.43 Å². The Labute approximate surface area is 198 Å². The van der Waals surface area contributed by atoms with E-state index >= 15 is 0 Å². The van der Waals surface area contributed by atoms with Crippen molar-refractivity contribution in [3.8, 4) is 11.5 Å². The minimum absolute atomic E-state index is 0.123. The highest BCUT2D eigenvalue weighted by molar-refractivity contribution is 9.10. The van der Waals surface area contributed by atoms with E-state index in [-0.39, 0.29) is 12.5 Å². The molecule has 0 saturated carbocycles. The average molecular weight is 546 g/mol. The summed E-state index contributed by atoms with van der Waals surface area (Å²) in [5.74, 6) is 1.01. The Hall–Kier alpha value is -2.64. The highest BCUT2D eigenvalue weighted by Crippen LogP contribution is 2.24. The van der Waals surface area contributed by atoms with Gasteiger partial charge in [-0.3, -0.25) is 4.79 Å². The topological polar surface area (TPSA) is 59.9 Å². The highest BCUT2D eigenvalue weighted by atomic mass is 79.9. The van der Waals surface area contributed by atoms with E-state index in [0.717, 1.165) is 32.1 Å². The SMILES string of the molecule is CCc1cc(Br)ccc1OCC(=O)N/N=C/c1cc(Br)ccc1OCc1ccccc1. The van der Waals surface area contributed by atoms with Gasteiger partial charge in [-0.05, 0) is 53.9 Å². The zero-order chi connectivity index (χ0) is 22.1. The quantitative estimate of drug-likeness (QED) is 0.270. The fourth-order valence-electron chi connectivity index (χ4n) is 2.80. The van der Waals surface area contributed by atoms with E-state index in [1.54, 1.807) is 6.21 Å². The van der Waals surface area contributed by atoms with Crippen LogP contribution in [0.5, 0.6) is 11.5 Å². The molecular weight excluding hydrogens is 524 g/mol. The third-order valence-corrected chi connectivity index (χ3v) is 5.35. The highest BCUT2D eigenvalue weighted by Gasteiger charge is 2.07. The van der Waals surface area contributed by atoms with E-state index in [9.17, 15) is 4.79 Å². The van der Waals surface area contributed by atoms with Crippen molar-refractivity contribution in [1.82, 2.24) is 5.43 Å². The predicted octanol–water partition coefficient (Wildman–Crippen LogP) is 5.88. The molecule has 1 N–H and O–H groups in total. The van der Waals surface area contributed by atoms with Gasteiger partial charge in [0.1, 0.15) is 18.1 Å². The summed E-state index contributed by atoms with van der Waals surface area (Å²) in [6.45, 7) is 2.35. The smallest absolute Gasteiger partial charge is 0.277 e. The molecule has 160 valence electrons. The third kappa shape index (κ3) is 7.22. The molecule has 0 unspecified atom stereocenters. The number of hydrogen-bond acceptors (Lipinski definition) is 4. The van der Waals surface area contributed by atoms with Crippen LogP contribution in [-0.4, -0.2) is 18.7 Å². The summed E-state index contributed by atoms with van der Waals surface area (Å²) in [5.41, 5.74) is 5.33. The van der Waals surface area contributed by atoms with Gasteiger partial charge in [-0.1, -0.05) is 69.1 Å². The van der Waals surface area contributed by atoms with Crippen LogP contribution in [0.4, 0.5) is 0 Å². The maximum absolute atomic E-state index is 12.1. The van der Waals surface area contributed by atoms with Crippen LogP contribution >= 0.6 is 31.9 Å². The van der Waals surface area contributed by atoms with Crippen LogP contribution in [0.3, 0.4) is 0 Å². The van der Waals surface area contributed by atoms with E-state index in [1.807, 2.05) is 73.7 Å². The number of nitrogens with zero attached hydrogens (tertiary/aromatic N) is 1. The first kappa shape index (κ1) is 23.0. The van der Waals surface area contributed by atoms with E-state index in [2.05, 4.69) is 42.4 Å². The molecule has 0 spiro atoms. The van der Waals surface area contributed by atoms with Crippen LogP contribution in [0.25, 0.3) is 0 Å². The van der Waals surface area contributed by atoms with E-state index in [1.165, 1.54) is 0 Å². The van der Waals surface area contributed by atoms with Gasteiger partial charge in [0.15, 0.2) is 6.61 Å². The number of aryl methyl sites for hydroxylation is 1. The first-order valence-electron chi connectivity index (χ1n) is 9.74. The van der Waals surface area contributed by atoms with Crippen LogP contribution in [0, 0.1) is 0 Å². The van der Waals surface area contributed by atoms with Crippen molar-refractivity contribution in [1.29, 1.82) is 0 Å². The number of halogens is 2. The first-order valence-corrected chi connectivity index (χ1v) is 11.3. The summed E-state index contributed by atoms with van der Waals surface area (Å²) in [6.07, 6.45) is 2.36. The second-order valence-electron chi connectivity index (χ2n) is 6.64. The van der Waals surface area contributed by atoms with Crippen LogP contribution in [0.2, 0.25) is 0 Å². The molecule has 0 saturated heterocycles. The number of nitrogens with one attached hydrogen (secondary N) is 1. The van der Waals surface area contributed by atoms with Crippen molar-refractivity contribution in [2.75, 3.05) is 6.61 Å². The van der Waals surface area contributed by atoms with Crippen molar-refractivity contribution in [3.05, 3.63) is 92.4 Å². The summed E-state index contributed by atoms with van der Waals surface area (Å²) in [4.78, 5) is 12.1. The summed E-state index contributed by atoms with van der Waals surface area (Å²) < 4.78 is 13.4. The van der Waals surface area contributed by atoms with Crippen molar-refractivity contribution in [2.24, 2.45) is 5.10 Å². The number of carbonyl (C=O) groups is 1. The molecule has 7 heteroatoms. The lowest BCUT2D eigenvalue weighted by Gasteiger charge is -2.10. The number of hydrogen-bond donors (Lipinski definition) is 1.